The van der Waals surface area contributed by atoms with E-state index in [0.717, 1.165) is 40.7 Å². The average Bonchev–Trinajstić information content (AvgIpc) is 2.80. The number of hydrogen-bond donors (Lipinski definition) is 1. The van der Waals surface area contributed by atoms with Crippen LogP contribution in [0.4, 0.5) is 10.2 Å². The van der Waals surface area contributed by atoms with E-state index in [4.69, 9.17) is 0 Å². The molecule has 7 heteroatoms. The van der Waals surface area contributed by atoms with E-state index in [1.807, 2.05) is 30.3 Å². The van der Waals surface area contributed by atoms with Gasteiger partial charge in [-0.3, -0.25) is 4.79 Å². The van der Waals surface area contributed by atoms with Crippen LogP contribution in [0.5, 0.6) is 0 Å². The molecule has 0 bridgehead atoms. The first-order valence-corrected chi connectivity index (χ1v) is 10.8. The highest BCUT2D eigenvalue weighted by Crippen LogP contribution is 2.33. The predicted molar refractivity (Wildman–Crippen MR) is 116 cm³/mol. The third-order valence-corrected chi connectivity index (χ3v) is 6.07. The molecule has 1 unspecified atom stereocenters. The van der Waals surface area contributed by atoms with E-state index in [-0.39, 0.29) is 17.6 Å². The maximum Gasteiger partial charge on any atom is 0.225 e. The van der Waals surface area contributed by atoms with E-state index in [1.165, 1.54) is 12.1 Å². The van der Waals surface area contributed by atoms with Crippen molar-refractivity contribution in [2.75, 3.05) is 18.0 Å². The van der Waals surface area contributed by atoms with Crippen LogP contribution in [-0.2, 0) is 11.3 Å². The van der Waals surface area contributed by atoms with Gasteiger partial charge in [-0.2, -0.15) is 0 Å². The number of anilines is 1. The van der Waals surface area contributed by atoms with Crippen molar-refractivity contribution in [1.82, 2.24) is 15.3 Å². The molecule has 1 fully saturated rings. The van der Waals surface area contributed by atoms with Crippen LogP contribution < -0.4 is 10.2 Å². The quantitative estimate of drug-likeness (QED) is 0.642. The molecule has 2 heterocycles. The summed E-state index contributed by atoms with van der Waals surface area (Å²) in [6.45, 7) is 1.86. The van der Waals surface area contributed by atoms with Crippen LogP contribution in [0.1, 0.15) is 18.4 Å². The molecule has 1 aliphatic heterocycles. The third-order valence-electron chi connectivity index (χ3n) is 5.08. The molecule has 1 aromatic heterocycles. The monoisotopic (exact) mass is 422 g/mol. The normalized spacial score (nSPS) is 16.3. The summed E-state index contributed by atoms with van der Waals surface area (Å²) in [6, 6.07) is 16.3. The standard InChI is InChI=1S/C23H23FN4OS/c24-19-10-8-17(9-11-19)15-27-22(29)18-5-4-14-28(16-18)21-23(26-13-12-25-21)30-20-6-2-1-3-7-20/h1-3,6-13,18H,4-5,14-16H2,(H,27,29). The van der Waals surface area contributed by atoms with Crippen molar-refractivity contribution in [3.63, 3.8) is 0 Å². The summed E-state index contributed by atoms with van der Waals surface area (Å²) in [4.78, 5) is 25.1. The van der Waals surface area contributed by atoms with Gasteiger partial charge >= 0.3 is 0 Å². The Morgan fingerprint density at radius 2 is 1.87 bits per heavy atom. The van der Waals surface area contributed by atoms with Gasteiger partial charge in [-0.15, -0.1) is 0 Å². The Hall–Kier alpha value is -2.93. The average molecular weight is 423 g/mol. The minimum atomic E-state index is -0.277. The summed E-state index contributed by atoms with van der Waals surface area (Å²) in [6.07, 6.45) is 5.15. The van der Waals surface area contributed by atoms with Crippen LogP contribution >= 0.6 is 11.8 Å². The fraction of sp³-hybridized carbons (Fsp3) is 0.261. The van der Waals surface area contributed by atoms with Crippen LogP contribution in [0.15, 0.2) is 76.9 Å². The molecule has 4 rings (SSSR count). The summed E-state index contributed by atoms with van der Waals surface area (Å²) in [5.74, 6) is 0.449. The summed E-state index contributed by atoms with van der Waals surface area (Å²) in [7, 11) is 0. The highest BCUT2D eigenvalue weighted by Gasteiger charge is 2.28. The summed E-state index contributed by atoms with van der Waals surface area (Å²) < 4.78 is 13.0. The van der Waals surface area contributed by atoms with Gasteiger partial charge in [0.25, 0.3) is 0 Å². The summed E-state index contributed by atoms with van der Waals surface area (Å²) >= 11 is 1.58. The molecule has 0 spiro atoms. The minimum Gasteiger partial charge on any atom is -0.354 e. The van der Waals surface area contributed by atoms with Crippen LogP contribution in [0.3, 0.4) is 0 Å². The fourth-order valence-corrected chi connectivity index (χ4v) is 4.43. The largest absolute Gasteiger partial charge is 0.354 e. The van der Waals surface area contributed by atoms with Crippen molar-refractivity contribution in [2.45, 2.75) is 29.3 Å². The smallest absolute Gasteiger partial charge is 0.225 e. The Bertz CT molecular complexity index is 984. The molecule has 2 aromatic carbocycles. The van der Waals surface area contributed by atoms with E-state index in [1.54, 1.807) is 36.3 Å². The lowest BCUT2D eigenvalue weighted by molar-refractivity contribution is -0.125. The Kier molecular flexibility index (Phi) is 6.59. The lowest BCUT2D eigenvalue weighted by atomic mass is 9.97. The second kappa shape index (κ2) is 9.71. The molecule has 3 aromatic rings. The van der Waals surface area contributed by atoms with Gasteiger partial charge < -0.3 is 10.2 Å². The van der Waals surface area contributed by atoms with Crippen molar-refractivity contribution in [2.24, 2.45) is 5.92 Å². The molecule has 1 atom stereocenters. The Morgan fingerprint density at radius 1 is 1.10 bits per heavy atom. The highest BCUT2D eigenvalue weighted by molar-refractivity contribution is 7.99. The van der Waals surface area contributed by atoms with Crippen LogP contribution in [0.2, 0.25) is 0 Å². The number of piperidine rings is 1. The van der Waals surface area contributed by atoms with E-state index in [2.05, 4.69) is 20.2 Å². The van der Waals surface area contributed by atoms with Gasteiger partial charge in [-0.1, -0.05) is 42.1 Å². The van der Waals surface area contributed by atoms with Gasteiger partial charge in [0.2, 0.25) is 5.91 Å². The number of nitrogens with one attached hydrogen (secondary N) is 1. The number of nitrogens with zero attached hydrogens (tertiary/aromatic N) is 3. The van der Waals surface area contributed by atoms with Crippen molar-refractivity contribution in [3.05, 3.63) is 78.4 Å². The van der Waals surface area contributed by atoms with E-state index < -0.39 is 0 Å². The van der Waals surface area contributed by atoms with Crippen molar-refractivity contribution in [1.29, 1.82) is 0 Å². The Morgan fingerprint density at radius 3 is 2.67 bits per heavy atom. The Labute approximate surface area is 179 Å². The first kappa shape index (κ1) is 20.3. The molecule has 1 saturated heterocycles. The van der Waals surface area contributed by atoms with E-state index >= 15 is 0 Å². The zero-order valence-corrected chi connectivity index (χ0v) is 17.3. The molecule has 1 N–H and O–H groups in total. The highest BCUT2D eigenvalue weighted by atomic mass is 32.2. The van der Waals surface area contributed by atoms with Gasteiger partial charge in [0.05, 0.1) is 5.92 Å². The summed E-state index contributed by atoms with van der Waals surface area (Å²) in [5.41, 5.74) is 0.882. The maximum absolute atomic E-state index is 13.0. The number of aromatic nitrogens is 2. The van der Waals surface area contributed by atoms with Gasteiger partial charge in [-0.25, -0.2) is 14.4 Å². The SMILES string of the molecule is O=C(NCc1ccc(F)cc1)C1CCCN(c2nccnc2Sc2ccccc2)C1. The lowest BCUT2D eigenvalue weighted by Gasteiger charge is -2.33. The zero-order chi connectivity index (χ0) is 20.8. The number of carbonyl (C=O) groups excluding carboxylic acids is 1. The van der Waals surface area contributed by atoms with Crippen LogP contribution in [0.25, 0.3) is 0 Å². The first-order valence-electron chi connectivity index (χ1n) is 10.00. The molecule has 1 aliphatic rings. The second-order valence-electron chi connectivity index (χ2n) is 7.23. The lowest BCUT2D eigenvalue weighted by Crippen LogP contribution is -2.43. The Balaban J connectivity index is 1.41. The molecule has 30 heavy (non-hydrogen) atoms. The number of carbonyl (C=O) groups is 1. The predicted octanol–water partition coefficient (Wildman–Crippen LogP) is 4.30. The van der Waals surface area contributed by atoms with Gasteiger partial charge in [0.15, 0.2) is 5.82 Å². The molecule has 1 amide bonds. The van der Waals surface area contributed by atoms with Crippen molar-refractivity contribution in [3.8, 4) is 0 Å². The zero-order valence-electron chi connectivity index (χ0n) is 16.5. The molecular formula is C23H23FN4OS. The van der Waals surface area contributed by atoms with Gasteiger partial charge in [0.1, 0.15) is 10.8 Å². The minimum absolute atomic E-state index is 0.0187. The van der Waals surface area contributed by atoms with Crippen LogP contribution in [-0.4, -0.2) is 29.0 Å². The van der Waals surface area contributed by atoms with Crippen LogP contribution in [0, 0.1) is 11.7 Å². The second-order valence-corrected chi connectivity index (χ2v) is 8.29. The maximum atomic E-state index is 13.0. The molecule has 0 radical (unpaired) electrons. The number of hydrogen-bond acceptors (Lipinski definition) is 5. The van der Waals surface area contributed by atoms with E-state index in [0.29, 0.717) is 13.1 Å². The number of rotatable bonds is 6. The van der Waals surface area contributed by atoms with Crippen molar-refractivity contribution < 1.29 is 9.18 Å². The van der Waals surface area contributed by atoms with Gasteiger partial charge in [-0.05, 0) is 42.7 Å². The number of halogens is 1. The molecule has 0 saturated carbocycles. The molecular weight excluding hydrogens is 399 g/mol. The number of benzene rings is 2. The topological polar surface area (TPSA) is 58.1 Å². The molecule has 5 nitrogen and oxygen atoms in total. The fourth-order valence-electron chi connectivity index (χ4n) is 3.53. The summed E-state index contributed by atoms with van der Waals surface area (Å²) in [5, 5.41) is 3.83. The number of amides is 1. The van der Waals surface area contributed by atoms with Gasteiger partial charge in [0, 0.05) is 36.9 Å². The van der Waals surface area contributed by atoms with Crippen molar-refractivity contribution >= 4 is 23.5 Å². The first-order chi connectivity index (χ1) is 14.7. The van der Waals surface area contributed by atoms with E-state index in [9.17, 15) is 9.18 Å². The third kappa shape index (κ3) is 5.16. The molecule has 154 valence electrons. The molecule has 0 aliphatic carbocycles.